The van der Waals surface area contributed by atoms with Crippen LogP contribution in [0.5, 0.6) is 0 Å². The van der Waals surface area contributed by atoms with Crippen LogP contribution in [0.2, 0.25) is 0 Å². The van der Waals surface area contributed by atoms with Gasteiger partial charge in [-0.05, 0) is 43.4 Å². The average Bonchev–Trinajstić information content (AvgIpc) is 2.89. The summed E-state index contributed by atoms with van der Waals surface area (Å²) in [5, 5.41) is 2.32. The lowest BCUT2D eigenvalue weighted by atomic mass is 10.0. The second kappa shape index (κ2) is 8.33. The Hall–Kier alpha value is -2.70. The van der Waals surface area contributed by atoms with Crippen LogP contribution in [0, 0.1) is 0 Å². The molecule has 1 unspecified atom stereocenters. The maximum Gasteiger partial charge on any atom is 0.329 e. The lowest BCUT2D eigenvalue weighted by Gasteiger charge is -2.21. The van der Waals surface area contributed by atoms with Gasteiger partial charge in [0, 0.05) is 19.9 Å². The number of nitrogens with one attached hydrogen (secondary N) is 1. The third kappa shape index (κ3) is 4.02. The molecule has 0 bridgehead atoms. The molecule has 3 rings (SSSR count). The van der Waals surface area contributed by atoms with E-state index >= 15 is 0 Å². The van der Waals surface area contributed by atoms with Gasteiger partial charge in [-0.1, -0.05) is 18.9 Å². The van der Waals surface area contributed by atoms with Crippen molar-refractivity contribution in [3.8, 4) is 0 Å². The molecule has 1 aromatic heterocycles. The van der Waals surface area contributed by atoms with Crippen molar-refractivity contribution in [3.63, 3.8) is 0 Å². The number of carbonyl (C=O) groups excluding carboxylic acids is 3. The standard InChI is InChI=1S/C20H25N3O4/c1-22-17-13-14(7-5-3-2-4-6-12-24)8-9-15(17)23(20(22)27)16-10-11-18(25)21-19(16)26/h8-9,12-13,16H,2-7,10-11H2,1H3,(H,21,25,26). The van der Waals surface area contributed by atoms with Crippen molar-refractivity contribution in [2.45, 2.75) is 57.4 Å². The highest BCUT2D eigenvalue weighted by molar-refractivity contribution is 6.00. The van der Waals surface area contributed by atoms with Gasteiger partial charge in [0.25, 0.3) is 0 Å². The van der Waals surface area contributed by atoms with E-state index in [-0.39, 0.29) is 18.0 Å². The molecule has 7 nitrogen and oxygen atoms in total. The molecule has 1 N–H and O–H groups in total. The SMILES string of the molecule is Cn1c(=O)n(C2CCC(=O)NC2=O)c2ccc(CCCCCCC=O)cc21. The minimum Gasteiger partial charge on any atom is -0.303 e. The van der Waals surface area contributed by atoms with E-state index in [1.54, 1.807) is 11.6 Å². The molecule has 1 aromatic carbocycles. The minimum atomic E-state index is -0.650. The summed E-state index contributed by atoms with van der Waals surface area (Å²) < 4.78 is 3.06. The molecule has 2 aromatic rings. The number of hydrogen-bond acceptors (Lipinski definition) is 4. The number of fused-ring (bicyclic) bond motifs is 1. The third-order valence-electron chi connectivity index (χ3n) is 5.21. The predicted octanol–water partition coefficient (Wildman–Crippen LogP) is 2.01. The molecule has 144 valence electrons. The number of aromatic nitrogens is 2. The number of imidazole rings is 1. The zero-order valence-electron chi connectivity index (χ0n) is 15.6. The highest BCUT2D eigenvalue weighted by atomic mass is 16.2. The Morgan fingerprint density at radius 3 is 2.63 bits per heavy atom. The number of aryl methyl sites for hydroxylation is 2. The number of benzene rings is 1. The molecule has 1 aliphatic heterocycles. The first-order chi connectivity index (χ1) is 13.0. The van der Waals surface area contributed by atoms with Crippen LogP contribution in [-0.2, 0) is 27.9 Å². The molecule has 2 amide bonds. The van der Waals surface area contributed by atoms with Gasteiger partial charge >= 0.3 is 5.69 Å². The number of rotatable bonds is 8. The van der Waals surface area contributed by atoms with Crippen LogP contribution < -0.4 is 11.0 Å². The Bertz CT molecular complexity index is 925. The van der Waals surface area contributed by atoms with Crippen LogP contribution in [0.25, 0.3) is 11.0 Å². The molecular formula is C20H25N3O4. The number of nitrogens with zero attached hydrogens (tertiary/aromatic N) is 2. The molecular weight excluding hydrogens is 346 g/mol. The van der Waals surface area contributed by atoms with Gasteiger partial charge in [-0.3, -0.25) is 24.0 Å². The Balaban J connectivity index is 1.79. The van der Waals surface area contributed by atoms with E-state index in [0.29, 0.717) is 18.4 Å². The second-order valence-corrected chi connectivity index (χ2v) is 7.12. The molecule has 1 saturated heterocycles. The number of aldehydes is 1. The molecule has 1 fully saturated rings. The summed E-state index contributed by atoms with van der Waals surface area (Å²) in [5.41, 5.74) is 2.41. The highest BCUT2D eigenvalue weighted by Gasteiger charge is 2.31. The first-order valence-electron chi connectivity index (χ1n) is 9.50. The Labute approximate surface area is 157 Å². The molecule has 7 heteroatoms. The smallest absolute Gasteiger partial charge is 0.303 e. The predicted molar refractivity (Wildman–Crippen MR) is 101 cm³/mol. The van der Waals surface area contributed by atoms with E-state index in [2.05, 4.69) is 5.32 Å². The van der Waals surface area contributed by atoms with Crippen LogP contribution >= 0.6 is 0 Å². The number of carbonyl (C=O) groups is 3. The van der Waals surface area contributed by atoms with Crippen molar-refractivity contribution >= 4 is 29.1 Å². The van der Waals surface area contributed by atoms with E-state index in [0.717, 1.165) is 49.5 Å². The molecule has 0 saturated carbocycles. The van der Waals surface area contributed by atoms with Gasteiger partial charge in [0.1, 0.15) is 12.3 Å². The van der Waals surface area contributed by atoms with E-state index < -0.39 is 11.9 Å². The van der Waals surface area contributed by atoms with Crippen LogP contribution in [0.3, 0.4) is 0 Å². The summed E-state index contributed by atoms with van der Waals surface area (Å²) in [4.78, 5) is 46.6. The lowest BCUT2D eigenvalue weighted by Crippen LogP contribution is -2.44. The Kier molecular flexibility index (Phi) is 5.88. The zero-order chi connectivity index (χ0) is 19.4. The third-order valence-corrected chi connectivity index (χ3v) is 5.21. The molecule has 0 spiro atoms. The molecule has 1 aliphatic rings. The fraction of sp³-hybridized carbons (Fsp3) is 0.500. The van der Waals surface area contributed by atoms with Crippen LogP contribution in [0.4, 0.5) is 0 Å². The number of hydrogen-bond donors (Lipinski definition) is 1. The summed E-state index contributed by atoms with van der Waals surface area (Å²) >= 11 is 0. The van der Waals surface area contributed by atoms with Gasteiger partial charge in [0.2, 0.25) is 11.8 Å². The van der Waals surface area contributed by atoms with Crippen molar-refractivity contribution < 1.29 is 14.4 Å². The highest BCUT2D eigenvalue weighted by Crippen LogP contribution is 2.24. The van der Waals surface area contributed by atoms with E-state index in [1.807, 2.05) is 18.2 Å². The van der Waals surface area contributed by atoms with E-state index in [4.69, 9.17) is 0 Å². The normalized spacial score (nSPS) is 17.3. The van der Waals surface area contributed by atoms with Crippen LogP contribution in [-0.4, -0.2) is 27.2 Å². The second-order valence-electron chi connectivity index (χ2n) is 7.12. The Morgan fingerprint density at radius 2 is 1.89 bits per heavy atom. The molecule has 2 heterocycles. The lowest BCUT2D eigenvalue weighted by molar-refractivity contribution is -0.135. The monoisotopic (exact) mass is 371 g/mol. The topological polar surface area (TPSA) is 90.2 Å². The van der Waals surface area contributed by atoms with Crippen molar-refractivity contribution in [2.75, 3.05) is 0 Å². The summed E-state index contributed by atoms with van der Waals surface area (Å²) in [5.74, 6) is -0.708. The molecule has 1 atom stereocenters. The van der Waals surface area contributed by atoms with Gasteiger partial charge in [-0.2, -0.15) is 0 Å². The quantitative estimate of drug-likeness (QED) is 0.437. The van der Waals surface area contributed by atoms with E-state index in [1.165, 1.54) is 4.57 Å². The summed E-state index contributed by atoms with van der Waals surface area (Å²) in [6.07, 6.45) is 7.16. The number of piperidine rings is 1. The number of amides is 2. The van der Waals surface area contributed by atoms with Crippen LogP contribution in [0.1, 0.15) is 56.6 Å². The van der Waals surface area contributed by atoms with Crippen molar-refractivity contribution in [1.82, 2.24) is 14.5 Å². The molecule has 27 heavy (non-hydrogen) atoms. The zero-order valence-corrected chi connectivity index (χ0v) is 15.6. The van der Waals surface area contributed by atoms with E-state index in [9.17, 15) is 19.2 Å². The Morgan fingerprint density at radius 1 is 1.11 bits per heavy atom. The molecule has 0 aliphatic carbocycles. The minimum absolute atomic E-state index is 0.238. The maximum atomic E-state index is 12.7. The summed E-state index contributed by atoms with van der Waals surface area (Å²) in [6.45, 7) is 0. The number of imide groups is 1. The van der Waals surface area contributed by atoms with Crippen LogP contribution in [0.15, 0.2) is 23.0 Å². The first kappa shape index (κ1) is 19.1. The molecule has 0 radical (unpaired) electrons. The summed E-state index contributed by atoms with van der Waals surface area (Å²) in [6, 6.07) is 5.24. The van der Waals surface area contributed by atoms with Gasteiger partial charge in [-0.15, -0.1) is 0 Å². The fourth-order valence-corrected chi connectivity index (χ4v) is 3.70. The fourth-order valence-electron chi connectivity index (χ4n) is 3.70. The first-order valence-corrected chi connectivity index (χ1v) is 9.50. The van der Waals surface area contributed by atoms with Gasteiger partial charge in [0.05, 0.1) is 11.0 Å². The van der Waals surface area contributed by atoms with Gasteiger partial charge in [0.15, 0.2) is 0 Å². The average molecular weight is 371 g/mol. The largest absolute Gasteiger partial charge is 0.329 e. The van der Waals surface area contributed by atoms with Crippen molar-refractivity contribution in [3.05, 3.63) is 34.2 Å². The van der Waals surface area contributed by atoms with Gasteiger partial charge in [-0.25, -0.2) is 4.79 Å². The van der Waals surface area contributed by atoms with Crippen molar-refractivity contribution in [2.24, 2.45) is 7.05 Å². The maximum absolute atomic E-state index is 12.7. The van der Waals surface area contributed by atoms with Gasteiger partial charge < -0.3 is 4.79 Å². The number of unbranched alkanes of at least 4 members (excludes halogenated alkanes) is 4. The van der Waals surface area contributed by atoms with Crippen molar-refractivity contribution in [1.29, 1.82) is 0 Å². The summed E-state index contributed by atoms with van der Waals surface area (Å²) in [7, 11) is 1.70.